The number of ether oxygens (including phenoxy) is 1. The predicted molar refractivity (Wildman–Crippen MR) is 81.9 cm³/mol. The van der Waals surface area contributed by atoms with Crippen LogP contribution in [0.25, 0.3) is 0 Å². The van der Waals surface area contributed by atoms with Crippen LogP contribution in [0.1, 0.15) is 15.9 Å². The molecule has 0 atom stereocenters. The summed E-state index contributed by atoms with van der Waals surface area (Å²) in [7, 11) is -2.80. The molecule has 2 rings (SSSR count). The summed E-state index contributed by atoms with van der Waals surface area (Å²) in [4.78, 5) is 12.0. The molecule has 2 N–H and O–H groups in total. The number of carbonyl (C=O) groups is 1. The summed E-state index contributed by atoms with van der Waals surface area (Å²) >= 11 is 0. The number of nitrogens with one attached hydrogen (secondary N) is 1. The average molecular weight is 321 g/mol. The molecule has 0 heterocycles. The zero-order chi connectivity index (χ0) is 16.3. The van der Waals surface area contributed by atoms with Crippen molar-refractivity contribution in [3.05, 3.63) is 53.6 Å². The molecule has 0 bridgehead atoms. The summed E-state index contributed by atoms with van der Waals surface area (Å²) in [5.41, 5.74) is 1.11. The first kappa shape index (κ1) is 16.0. The van der Waals surface area contributed by atoms with Gasteiger partial charge in [0.05, 0.1) is 17.6 Å². The van der Waals surface area contributed by atoms with Crippen molar-refractivity contribution in [2.75, 3.05) is 12.4 Å². The third kappa shape index (κ3) is 3.44. The van der Waals surface area contributed by atoms with Gasteiger partial charge in [0, 0.05) is 5.69 Å². The molecule has 1 amide bonds. The van der Waals surface area contributed by atoms with Crippen LogP contribution in [-0.4, -0.2) is 26.0 Å². The number of para-hydroxylation sites is 1. The predicted octanol–water partition coefficient (Wildman–Crippen LogP) is 2.50. The molecule has 6 nitrogen and oxygen atoms in total. The van der Waals surface area contributed by atoms with E-state index >= 15 is 0 Å². The van der Waals surface area contributed by atoms with Crippen LogP contribution in [0.4, 0.5) is 5.69 Å². The van der Waals surface area contributed by atoms with E-state index < -0.39 is 10.1 Å². The van der Waals surface area contributed by atoms with Crippen molar-refractivity contribution in [3.63, 3.8) is 0 Å². The Morgan fingerprint density at radius 2 is 1.86 bits per heavy atom. The number of aryl methyl sites for hydroxylation is 1. The van der Waals surface area contributed by atoms with Crippen molar-refractivity contribution in [1.82, 2.24) is 0 Å². The zero-order valence-electron chi connectivity index (χ0n) is 12.0. The Morgan fingerprint density at radius 1 is 1.18 bits per heavy atom. The first-order valence-electron chi connectivity index (χ1n) is 6.35. The van der Waals surface area contributed by atoms with Gasteiger partial charge in [0.25, 0.3) is 16.0 Å². The number of carbonyl (C=O) groups excluding carboxylic acids is 1. The van der Waals surface area contributed by atoms with Gasteiger partial charge in [-0.15, -0.1) is 0 Å². The highest BCUT2D eigenvalue weighted by Gasteiger charge is 2.15. The maximum Gasteiger partial charge on any atom is 0.294 e. The smallest absolute Gasteiger partial charge is 0.294 e. The molecule has 2 aromatic rings. The lowest BCUT2D eigenvalue weighted by atomic mass is 10.1. The molecule has 0 radical (unpaired) electrons. The number of amides is 1. The zero-order valence-corrected chi connectivity index (χ0v) is 12.8. The van der Waals surface area contributed by atoms with Crippen LogP contribution in [0.15, 0.2) is 47.4 Å². The Hall–Kier alpha value is -2.38. The molecule has 116 valence electrons. The first-order valence-corrected chi connectivity index (χ1v) is 7.79. The van der Waals surface area contributed by atoms with Gasteiger partial charge in [0.1, 0.15) is 5.75 Å². The molecule has 0 spiro atoms. The number of benzene rings is 2. The van der Waals surface area contributed by atoms with E-state index in [0.29, 0.717) is 22.6 Å². The van der Waals surface area contributed by atoms with Gasteiger partial charge < -0.3 is 10.1 Å². The molecule has 0 aliphatic rings. The van der Waals surface area contributed by atoms with E-state index in [2.05, 4.69) is 5.32 Å². The lowest BCUT2D eigenvalue weighted by Crippen LogP contribution is -2.13. The Kier molecular flexibility index (Phi) is 4.48. The van der Waals surface area contributed by atoms with E-state index in [9.17, 15) is 13.2 Å². The fourth-order valence-electron chi connectivity index (χ4n) is 2.05. The highest BCUT2D eigenvalue weighted by Crippen LogP contribution is 2.22. The molecule has 0 saturated carbocycles. The molecule has 0 aliphatic carbocycles. The van der Waals surface area contributed by atoms with Crippen molar-refractivity contribution in [1.29, 1.82) is 0 Å². The van der Waals surface area contributed by atoms with Gasteiger partial charge >= 0.3 is 0 Å². The summed E-state index contributed by atoms with van der Waals surface area (Å²) < 4.78 is 36.5. The molecule has 0 fully saturated rings. The molecule has 22 heavy (non-hydrogen) atoms. The monoisotopic (exact) mass is 321 g/mol. The molecule has 0 unspecified atom stereocenters. The minimum absolute atomic E-state index is 0.192. The number of hydrogen-bond donors (Lipinski definition) is 2. The molecule has 7 heteroatoms. The highest BCUT2D eigenvalue weighted by molar-refractivity contribution is 7.85. The number of rotatable bonds is 4. The topological polar surface area (TPSA) is 92.7 Å². The lowest BCUT2D eigenvalue weighted by molar-refractivity contribution is 0.102. The van der Waals surface area contributed by atoms with E-state index in [1.807, 2.05) is 0 Å². The fourth-order valence-corrected chi connectivity index (χ4v) is 2.75. The summed E-state index contributed by atoms with van der Waals surface area (Å²) in [5.74, 6) is 0.0581. The summed E-state index contributed by atoms with van der Waals surface area (Å²) in [5, 5.41) is 2.66. The second-order valence-electron chi connectivity index (χ2n) is 4.61. The molecular formula is C15H15NO5S. The van der Waals surface area contributed by atoms with E-state index in [1.165, 1.54) is 32.2 Å². The van der Waals surface area contributed by atoms with Gasteiger partial charge in [-0.1, -0.05) is 12.1 Å². The van der Waals surface area contributed by atoms with Crippen LogP contribution in [0, 0.1) is 6.92 Å². The van der Waals surface area contributed by atoms with Crippen LogP contribution in [0.3, 0.4) is 0 Å². The van der Waals surface area contributed by atoms with Crippen LogP contribution in [-0.2, 0) is 10.1 Å². The maximum absolute atomic E-state index is 12.2. The molecule has 2 aromatic carbocycles. The van der Waals surface area contributed by atoms with E-state index in [-0.39, 0.29) is 10.8 Å². The SMILES string of the molecule is COc1ccccc1C(=O)Nc1ccc(S(=O)(=O)O)c(C)c1. The van der Waals surface area contributed by atoms with Crippen LogP contribution < -0.4 is 10.1 Å². The number of anilines is 1. The lowest BCUT2D eigenvalue weighted by Gasteiger charge is -2.10. The molecule has 0 saturated heterocycles. The third-order valence-electron chi connectivity index (χ3n) is 3.06. The van der Waals surface area contributed by atoms with Crippen LogP contribution in [0.5, 0.6) is 5.75 Å². The van der Waals surface area contributed by atoms with Gasteiger partial charge in [0.2, 0.25) is 0 Å². The van der Waals surface area contributed by atoms with E-state index in [0.717, 1.165) is 0 Å². The van der Waals surface area contributed by atoms with Crippen molar-refractivity contribution >= 4 is 21.7 Å². The second kappa shape index (κ2) is 6.17. The van der Waals surface area contributed by atoms with Gasteiger partial charge in [-0.25, -0.2) is 0 Å². The van der Waals surface area contributed by atoms with Crippen molar-refractivity contribution in [2.45, 2.75) is 11.8 Å². The average Bonchev–Trinajstić information content (AvgIpc) is 2.45. The Labute approximate surface area is 128 Å². The van der Waals surface area contributed by atoms with Gasteiger partial charge in [0.15, 0.2) is 0 Å². The van der Waals surface area contributed by atoms with Gasteiger partial charge in [-0.3, -0.25) is 9.35 Å². The fraction of sp³-hybridized carbons (Fsp3) is 0.133. The second-order valence-corrected chi connectivity index (χ2v) is 6.00. The molecule has 0 aliphatic heterocycles. The van der Waals surface area contributed by atoms with Crippen molar-refractivity contribution in [2.24, 2.45) is 0 Å². The number of methoxy groups -OCH3 is 1. The van der Waals surface area contributed by atoms with Gasteiger partial charge in [-0.2, -0.15) is 8.42 Å². The Morgan fingerprint density at radius 3 is 2.45 bits per heavy atom. The largest absolute Gasteiger partial charge is 0.496 e. The standard InChI is InChI=1S/C15H15NO5S/c1-10-9-11(7-8-14(10)22(18,19)20)16-15(17)12-5-3-4-6-13(12)21-2/h3-9H,1-2H3,(H,16,17)(H,18,19,20). The molecule has 0 aromatic heterocycles. The van der Waals surface area contributed by atoms with Gasteiger partial charge in [-0.05, 0) is 42.8 Å². The molecular weight excluding hydrogens is 306 g/mol. The summed E-state index contributed by atoms with van der Waals surface area (Å²) in [6.07, 6.45) is 0. The first-order chi connectivity index (χ1) is 10.3. The van der Waals surface area contributed by atoms with Crippen molar-refractivity contribution in [3.8, 4) is 5.75 Å². The minimum atomic E-state index is -4.27. The van der Waals surface area contributed by atoms with Crippen LogP contribution >= 0.6 is 0 Å². The minimum Gasteiger partial charge on any atom is -0.496 e. The van der Waals surface area contributed by atoms with E-state index in [4.69, 9.17) is 9.29 Å². The normalized spacial score (nSPS) is 11.0. The van der Waals surface area contributed by atoms with Crippen molar-refractivity contribution < 1.29 is 22.5 Å². The number of hydrogen-bond acceptors (Lipinski definition) is 4. The maximum atomic E-state index is 12.2. The highest BCUT2D eigenvalue weighted by atomic mass is 32.2. The third-order valence-corrected chi connectivity index (χ3v) is 4.08. The quantitative estimate of drug-likeness (QED) is 0.844. The van der Waals surface area contributed by atoms with E-state index in [1.54, 1.807) is 24.3 Å². The Bertz CT molecular complexity index is 814. The summed E-state index contributed by atoms with van der Waals surface area (Å²) in [6, 6.07) is 10.9. The van der Waals surface area contributed by atoms with Crippen LogP contribution in [0.2, 0.25) is 0 Å². The summed E-state index contributed by atoms with van der Waals surface area (Å²) in [6.45, 7) is 1.53. The Balaban J connectivity index is 2.28.